The molecule has 3 unspecified atom stereocenters. The maximum atomic E-state index is 13.6. The van der Waals surface area contributed by atoms with E-state index < -0.39 is 6.04 Å². The number of rotatable bonds is 7. The van der Waals surface area contributed by atoms with Crippen molar-refractivity contribution in [3.05, 3.63) is 35.6 Å². The quantitative estimate of drug-likeness (QED) is 0.768. The third-order valence-electron chi connectivity index (χ3n) is 4.75. The van der Waals surface area contributed by atoms with E-state index in [1.54, 1.807) is 6.07 Å². The number of hydrogen-bond donors (Lipinski definition) is 2. The van der Waals surface area contributed by atoms with E-state index in [0.29, 0.717) is 19.8 Å². The van der Waals surface area contributed by atoms with Gasteiger partial charge in [-0.25, -0.2) is 4.39 Å². The highest BCUT2D eigenvalue weighted by molar-refractivity contribution is 5.85. The molecule has 1 aromatic carbocycles. The molecule has 0 saturated carbocycles. The van der Waals surface area contributed by atoms with Gasteiger partial charge in [0.05, 0.1) is 25.3 Å². The monoisotopic (exact) mass is 373 g/mol. The number of carbonyl (C=O) groups excluding carboxylic acids is 1. The summed E-state index contributed by atoms with van der Waals surface area (Å²) in [4.78, 5) is 14.5. The third-order valence-corrected chi connectivity index (χ3v) is 4.75. The number of nitrogens with two attached hydrogens (primary N) is 1. The number of amides is 1. The molecule has 2 rings (SSSR count). The Labute approximate surface area is 155 Å². The minimum absolute atomic E-state index is 0. The van der Waals surface area contributed by atoms with E-state index >= 15 is 0 Å². The number of ether oxygens (including phenoxy) is 1. The lowest BCUT2D eigenvalue weighted by Crippen LogP contribution is -2.48. The Balaban J connectivity index is 0.00000312. The molecule has 25 heavy (non-hydrogen) atoms. The van der Waals surface area contributed by atoms with Gasteiger partial charge in [0.25, 0.3) is 0 Å². The molecular formula is C18H29ClFN3O2. The topological polar surface area (TPSA) is 67.6 Å². The van der Waals surface area contributed by atoms with Crippen LogP contribution >= 0.6 is 12.4 Å². The first-order valence-electron chi connectivity index (χ1n) is 8.63. The minimum atomic E-state index is -0.521. The number of carbonyl (C=O) groups is 1. The molecule has 1 aliphatic rings. The van der Waals surface area contributed by atoms with Crippen molar-refractivity contribution in [2.75, 3.05) is 32.8 Å². The van der Waals surface area contributed by atoms with E-state index in [1.807, 2.05) is 19.9 Å². The molecule has 0 aromatic heterocycles. The average Bonchev–Trinajstić information content (AvgIpc) is 2.61. The van der Waals surface area contributed by atoms with Crippen molar-refractivity contribution in [2.24, 2.45) is 11.7 Å². The summed E-state index contributed by atoms with van der Waals surface area (Å²) in [6.45, 7) is 7.20. The van der Waals surface area contributed by atoms with Crippen molar-refractivity contribution in [3.63, 3.8) is 0 Å². The lowest BCUT2D eigenvalue weighted by molar-refractivity contribution is -0.123. The SMILES string of the molecule is CCC(C)C(N)C(=O)NCC(c1cccc(F)c1)N1CCOCC1.Cl. The van der Waals surface area contributed by atoms with Gasteiger partial charge in [0.1, 0.15) is 5.82 Å². The summed E-state index contributed by atoms with van der Waals surface area (Å²) in [6, 6.07) is 5.94. The van der Waals surface area contributed by atoms with Crippen LogP contribution in [-0.4, -0.2) is 49.7 Å². The number of nitrogens with one attached hydrogen (secondary N) is 1. The molecule has 1 fully saturated rings. The zero-order valence-electron chi connectivity index (χ0n) is 14.9. The molecule has 3 atom stereocenters. The Hall–Kier alpha value is -1.21. The van der Waals surface area contributed by atoms with Gasteiger partial charge in [-0.05, 0) is 23.6 Å². The fraction of sp³-hybridized carbons (Fsp3) is 0.611. The molecule has 5 nitrogen and oxygen atoms in total. The molecule has 1 aromatic rings. The highest BCUT2D eigenvalue weighted by atomic mass is 35.5. The molecule has 1 heterocycles. The van der Waals surface area contributed by atoms with E-state index in [0.717, 1.165) is 25.1 Å². The zero-order valence-corrected chi connectivity index (χ0v) is 15.7. The Morgan fingerprint density at radius 2 is 2.08 bits per heavy atom. The first-order chi connectivity index (χ1) is 11.5. The fourth-order valence-corrected chi connectivity index (χ4v) is 2.89. The lowest BCUT2D eigenvalue weighted by Gasteiger charge is -2.35. The molecule has 1 amide bonds. The second-order valence-corrected chi connectivity index (χ2v) is 6.38. The Kier molecular flexibility index (Phi) is 9.35. The van der Waals surface area contributed by atoms with Crippen LogP contribution in [0.1, 0.15) is 31.9 Å². The maximum absolute atomic E-state index is 13.6. The maximum Gasteiger partial charge on any atom is 0.237 e. The molecule has 0 bridgehead atoms. The molecule has 3 N–H and O–H groups in total. The van der Waals surface area contributed by atoms with Crippen molar-refractivity contribution in [1.82, 2.24) is 10.2 Å². The normalized spacial score (nSPS) is 18.7. The summed E-state index contributed by atoms with van der Waals surface area (Å²) in [6.07, 6.45) is 0.853. The zero-order chi connectivity index (χ0) is 17.5. The first kappa shape index (κ1) is 21.8. The van der Waals surface area contributed by atoms with Crippen molar-refractivity contribution >= 4 is 18.3 Å². The van der Waals surface area contributed by atoms with Gasteiger partial charge in [-0.3, -0.25) is 9.69 Å². The number of nitrogens with zero attached hydrogens (tertiary/aromatic N) is 1. The number of hydrogen-bond acceptors (Lipinski definition) is 4. The van der Waals surface area contributed by atoms with Crippen LogP contribution in [0.3, 0.4) is 0 Å². The summed E-state index contributed by atoms with van der Waals surface area (Å²) >= 11 is 0. The van der Waals surface area contributed by atoms with Crippen molar-refractivity contribution in [3.8, 4) is 0 Å². The van der Waals surface area contributed by atoms with Crippen LogP contribution in [0.4, 0.5) is 4.39 Å². The second kappa shape index (κ2) is 10.7. The summed E-state index contributed by atoms with van der Waals surface area (Å²) in [5, 5.41) is 2.94. The van der Waals surface area contributed by atoms with Gasteiger partial charge in [-0.1, -0.05) is 32.4 Å². The van der Waals surface area contributed by atoms with E-state index in [9.17, 15) is 9.18 Å². The predicted octanol–water partition coefficient (Wildman–Crippen LogP) is 2.11. The molecule has 1 aliphatic heterocycles. The van der Waals surface area contributed by atoms with Gasteiger partial charge in [-0.2, -0.15) is 0 Å². The van der Waals surface area contributed by atoms with Crippen LogP contribution in [0, 0.1) is 11.7 Å². The largest absolute Gasteiger partial charge is 0.379 e. The summed E-state index contributed by atoms with van der Waals surface area (Å²) in [5.41, 5.74) is 6.85. The van der Waals surface area contributed by atoms with Gasteiger partial charge in [-0.15, -0.1) is 12.4 Å². The Morgan fingerprint density at radius 1 is 1.40 bits per heavy atom. The molecule has 1 saturated heterocycles. The van der Waals surface area contributed by atoms with Crippen LogP contribution in [-0.2, 0) is 9.53 Å². The number of morpholine rings is 1. The van der Waals surface area contributed by atoms with Gasteiger partial charge < -0.3 is 15.8 Å². The number of benzene rings is 1. The van der Waals surface area contributed by atoms with Crippen molar-refractivity contribution in [2.45, 2.75) is 32.4 Å². The smallest absolute Gasteiger partial charge is 0.237 e. The Bertz CT molecular complexity index is 541. The Morgan fingerprint density at radius 3 is 2.68 bits per heavy atom. The van der Waals surface area contributed by atoms with Gasteiger partial charge in [0, 0.05) is 19.6 Å². The van der Waals surface area contributed by atoms with Gasteiger partial charge in [0.2, 0.25) is 5.91 Å². The fourth-order valence-electron chi connectivity index (χ4n) is 2.89. The molecule has 0 spiro atoms. The average molecular weight is 374 g/mol. The van der Waals surface area contributed by atoms with E-state index in [1.165, 1.54) is 12.1 Å². The van der Waals surface area contributed by atoms with Crippen molar-refractivity contribution in [1.29, 1.82) is 0 Å². The van der Waals surface area contributed by atoms with Gasteiger partial charge >= 0.3 is 0 Å². The van der Waals surface area contributed by atoms with Crippen LogP contribution in [0.25, 0.3) is 0 Å². The van der Waals surface area contributed by atoms with Crippen LogP contribution < -0.4 is 11.1 Å². The summed E-state index contributed by atoms with van der Waals surface area (Å²) in [5.74, 6) is -0.298. The standard InChI is InChI=1S/C18H28FN3O2.ClH/c1-3-13(2)17(20)18(23)21-12-16(22-7-9-24-10-8-22)14-5-4-6-15(19)11-14;/h4-6,11,13,16-17H,3,7-10,12,20H2,1-2H3,(H,21,23);1H. The van der Waals surface area contributed by atoms with Crippen LogP contribution in [0.5, 0.6) is 0 Å². The summed E-state index contributed by atoms with van der Waals surface area (Å²) < 4.78 is 19.0. The minimum Gasteiger partial charge on any atom is -0.379 e. The molecule has 7 heteroatoms. The van der Waals surface area contributed by atoms with Crippen LogP contribution in [0.15, 0.2) is 24.3 Å². The molecule has 0 radical (unpaired) electrons. The molecular weight excluding hydrogens is 345 g/mol. The number of halogens is 2. The predicted molar refractivity (Wildman–Crippen MR) is 99.2 cm³/mol. The van der Waals surface area contributed by atoms with E-state index in [2.05, 4.69) is 10.2 Å². The second-order valence-electron chi connectivity index (χ2n) is 6.38. The van der Waals surface area contributed by atoms with Crippen molar-refractivity contribution < 1.29 is 13.9 Å². The highest BCUT2D eigenvalue weighted by Gasteiger charge is 2.25. The molecule has 142 valence electrons. The summed E-state index contributed by atoms with van der Waals surface area (Å²) in [7, 11) is 0. The first-order valence-corrected chi connectivity index (χ1v) is 8.63. The molecule has 0 aliphatic carbocycles. The van der Waals surface area contributed by atoms with E-state index in [4.69, 9.17) is 10.5 Å². The highest BCUT2D eigenvalue weighted by Crippen LogP contribution is 2.22. The third kappa shape index (κ3) is 6.22. The van der Waals surface area contributed by atoms with Gasteiger partial charge in [0.15, 0.2) is 0 Å². The lowest BCUT2D eigenvalue weighted by atomic mass is 9.99. The van der Waals surface area contributed by atoms with E-state index in [-0.39, 0.29) is 36.1 Å². The van der Waals surface area contributed by atoms with Crippen LogP contribution in [0.2, 0.25) is 0 Å².